The molecule has 110 valence electrons. The molecule has 4 N–H and O–H groups in total. The summed E-state index contributed by atoms with van der Waals surface area (Å²) in [6.45, 7) is 4.24. The highest BCUT2D eigenvalue weighted by Crippen LogP contribution is 2.26. The summed E-state index contributed by atoms with van der Waals surface area (Å²) in [7, 11) is 0. The van der Waals surface area contributed by atoms with Crippen molar-refractivity contribution in [1.29, 1.82) is 0 Å². The number of anilines is 1. The summed E-state index contributed by atoms with van der Waals surface area (Å²) >= 11 is 6.10. The minimum Gasteiger partial charge on any atom is -0.507 e. The van der Waals surface area contributed by atoms with Crippen molar-refractivity contribution in [3.05, 3.63) is 57.6 Å². The van der Waals surface area contributed by atoms with Crippen molar-refractivity contribution in [3.8, 4) is 5.75 Å². The van der Waals surface area contributed by atoms with Crippen molar-refractivity contribution in [2.24, 2.45) is 5.73 Å². The third-order valence-electron chi connectivity index (χ3n) is 3.28. The van der Waals surface area contributed by atoms with Crippen LogP contribution in [0.5, 0.6) is 5.75 Å². The summed E-state index contributed by atoms with van der Waals surface area (Å²) in [5, 5.41) is 13.5. The Labute approximate surface area is 128 Å². The molecular weight excluding hydrogens is 288 g/mol. The molecular formula is C16H17ClN2O2. The van der Waals surface area contributed by atoms with Crippen LogP contribution in [0.1, 0.15) is 27.0 Å². The number of hydrogen-bond acceptors (Lipinski definition) is 3. The summed E-state index contributed by atoms with van der Waals surface area (Å²) < 4.78 is 0. The van der Waals surface area contributed by atoms with Gasteiger partial charge in [0.25, 0.3) is 0 Å². The number of aryl methyl sites for hydroxylation is 2. The van der Waals surface area contributed by atoms with Gasteiger partial charge in [0.1, 0.15) is 5.75 Å². The third-order valence-corrected chi connectivity index (χ3v) is 3.61. The van der Waals surface area contributed by atoms with Crippen molar-refractivity contribution in [2.45, 2.75) is 20.4 Å². The van der Waals surface area contributed by atoms with E-state index in [2.05, 4.69) is 5.32 Å². The lowest BCUT2D eigenvalue weighted by atomic mass is 10.1. The van der Waals surface area contributed by atoms with E-state index < -0.39 is 5.91 Å². The van der Waals surface area contributed by atoms with E-state index in [0.29, 0.717) is 28.6 Å². The number of aromatic hydroxyl groups is 1. The molecule has 0 aliphatic heterocycles. The van der Waals surface area contributed by atoms with Gasteiger partial charge in [-0.2, -0.15) is 0 Å². The van der Waals surface area contributed by atoms with Gasteiger partial charge in [-0.25, -0.2) is 0 Å². The molecule has 0 aromatic heterocycles. The summed E-state index contributed by atoms with van der Waals surface area (Å²) in [6, 6.07) is 8.66. The average Bonchev–Trinajstić information content (AvgIpc) is 2.43. The van der Waals surface area contributed by atoms with E-state index >= 15 is 0 Å². The fourth-order valence-corrected chi connectivity index (χ4v) is 2.34. The van der Waals surface area contributed by atoms with Crippen LogP contribution in [0.4, 0.5) is 5.69 Å². The molecule has 0 atom stereocenters. The van der Waals surface area contributed by atoms with Gasteiger partial charge in [-0.05, 0) is 48.7 Å². The highest BCUT2D eigenvalue weighted by atomic mass is 35.5. The number of carbonyl (C=O) groups is 1. The van der Waals surface area contributed by atoms with Crippen LogP contribution in [-0.2, 0) is 6.54 Å². The molecule has 0 spiro atoms. The summed E-state index contributed by atoms with van der Waals surface area (Å²) in [5.74, 6) is -0.182. The summed E-state index contributed by atoms with van der Waals surface area (Å²) in [5.41, 5.74) is 8.97. The SMILES string of the molecule is Cc1cc(CNc2cc(C(N)=O)ccc2Cl)cc(C)c1O. The van der Waals surface area contributed by atoms with Crippen LogP contribution in [0, 0.1) is 13.8 Å². The number of phenols is 1. The van der Waals surface area contributed by atoms with Gasteiger partial charge in [0, 0.05) is 12.1 Å². The van der Waals surface area contributed by atoms with Crippen molar-refractivity contribution in [3.63, 3.8) is 0 Å². The molecule has 2 rings (SSSR count). The number of rotatable bonds is 4. The zero-order valence-corrected chi connectivity index (χ0v) is 12.7. The van der Waals surface area contributed by atoms with Gasteiger partial charge in [0.15, 0.2) is 0 Å². The number of benzene rings is 2. The molecule has 0 fully saturated rings. The first-order valence-electron chi connectivity index (χ1n) is 6.51. The number of nitrogens with two attached hydrogens (primary N) is 1. The zero-order chi connectivity index (χ0) is 15.6. The quantitative estimate of drug-likeness (QED) is 0.810. The lowest BCUT2D eigenvalue weighted by Gasteiger charge is -2.12. The number of phenolic OH excluding ortho intramolecular Hbond substituents is 1. The van der Waals surface area contributed by atoms with Crippen LogP contribution in [0.3, 0.4) is 0 Å². The maximum absolute atomic E-state index is 11.2. The topological polar surface area (TPSA) is 75.3 Å². The molecule has 5 heteroatoms. The first-order chi connectivity index (χ1) is 9.88. The summed E-state index contributed by atoms with van der Waals surface area (Å²) in [4.78, 5) is 11.2. The molecule has 1 amide bonds. The normalized spacial score (nSPS) is 10.4. The van der Waals surface area contributed by atoms with Crippen molar-refractivity contribution < 1.29 is 9.90 Å². The number of halogens is 1. The molecule has 0 aliphatic rings. The maximum Gasteiger partial charge on any atom is 0.248 e. The standard InChI is InChI=1S/C16H17ClN2O2/c1-9-5-11(6-10(2)15(9)20)8-19-14-7-12(16(18)21)3-4-13(14)17/h3-7,19-20H,8H2,1-2H3,(H2,18,21). The Balaban J connectivity index is 2.20. The highest BCUT2D eigenvalue weighted by molar-refractivity contribution is 6.33. The van der Waals surface area contributed by atoms with Gasteiger partial charge < -0.3 is 16.2 Å². The first-order valence-corrected chi connectivity index (χ1v) is 6.88. The fourth-order valence-electron chi connectivity index (χ4n) is 2.16. The molecule has 0 saturated heterocycles. The third kappa shape index (κ3) is 3.47. The first kappa shape index (κ1) is 15.2. The molecule has 21 heavy (non-hydrogen) atoms. The van der Waals surface area contributed by atoms with Gasteiger partial charge in [-0.15, -0.1) is 0 Å². The Bertz CT molecular complexity index is 676. The van der Waals surface area contributed by atoms with Crippen molar-refractivity contribution in [2.75, 3.05) is 5.32 Å². The van der Waals surface area contributed by atoms with Crippen LogP contribution in [0.2, 0.25) is 5.02 Å². The van der Waals surface area contributed by atoms with Gasteiger partial charge in [-0.3, -0.25) is 4.79 Å². The van der Waals surface area contributed by atoms with Gasteiger partial charge in [0.2, 0.25) is 5.91 Å². The predicted octanol–water partition coefficient (Wildman–Crippen LogP) is 3.37. The molecule has 0 radical (unpaired) electrons. The Morgan fingerprint density at radius 3 is 2.43 bits per heavy atom. The number of carbonyl (C=O) groups excluding carboxylic acids is 1. The van der Waals surface area contributed by atoms with Crippen LogP contribution in [-0.4, -0.2) is 11.0 Å². The smallest absolute Gasteiger partial charge is 0.248 e. The fraction of sp³-hybridized carbons (Fsp3) is 0.188. The van der Waals surface area contributed by atoms with Gasteiger partial charge in [-0.1, -0.05) is 23.7 Å². The molecule has 0 saturated carbocycles. The van der Waals surface area contributed by atoms with E-state index in [1.165, 1.54) is 0 Å². The van der Waals surface area contributed by atoms with Gasteiger partial charge >= 0.3 is 0 Å². The lowest BCUT2D eigenvalue weighted by Crippen LogP contribution is -2.11. The molecule has 2 aromatic carbocycles. The van der Waals surface area contributed by atoms with Gasteiger partial charge in [0.05, 0.1) is 10.7 Å². The Kier molecular flexibility index (Phi) is 4.38. The van der Waals surface area contributed by atoms with Crippen LogP contribution < -0.4 is 11.1 Å². The minimum atomic E-state index is -0.494. The van der Waals surface area contributed by atoms with E-state index in [4.69, 9.17) is 17.3 Å². The van der Waals surface area contributed by atoms with Crippen LogP contribution >= 0.6 is 11.6 Å². The predicted molar refractivity (Wildman–Crippen MR) is 84.9 cm³/mol. The lowest BCUT2D eigenvalue weighted by molar-refractivity contribution is 0.100. The van der Waals surface area contributed by atoms with Crippen LogP contribution in [0.15, 0.2) is 30.3 Å². The van der Waals surface area contributed by atoms with E-state index in [9.17, 15) is 9.90 Å². The van der Waals surface area contributed by atoms with E-state index in [0.717, 1.165) is 16.7 Å². The second-order valence-corrected chi connectivity index (χ2v) is 5.40. The average molecular weight is 305 g/mol. The van der Waals surface area contributed by atoms with E-state index in [1.54, 1.807) is 18.2 Å². The van der Waals surface area contributed by atoms with E-state index in [-0.39, 0.29) is 0 Å². The molecule has 0 bridgehead atoms. The molecule has 0 heterocycles. The molecule has 2 aromatic rings. The monoisotopic (exact) mass is 304 g/mol. The zero-order valence-electron chi connectivity index (χ0n) is 11.9. The highest BCUT2D eigenvalue weighted by Gasteiger charge is 2.07. The Morgan fingerprint density at radius 2 is 1.86 bits per heavy atom. The van der Waals surface area contributed by atoms with E-state index in [1.807, 2.05) is 26.0 Å². The molecule has 4 nitrogen and oxygen atoms in total. The van der Waals surface area contributed by atoms with Crippen molar-refractivity contribution >= 4 is 23.2 Å². The Morgan fingerprint density at radius 1 is 1.24 bits per heavy atom. The van der Waals surface area contributed by atoms with Crippen LogP contribution in [0.25, 0.3) is 0 Å². The molecule has 0 aliphatic carbocycles. The largest absolute Gasteiger partial charge is 0.507 e. The number of primary amides is 1. The molecule has 0 unspecified atom stereocenters. The number of amides is 1. The number of nitrogens with one attached hydrogen (secondary N) is 1. The maximum atomic E-state index is 11.2. The summed E-state index contributed by atoms with van der Waals surface area (Å²) in [6.07, 6.45) is 0. The second-order valence-electron chi connectivity index (χ2n) is 4.99. The Hall–Kier alpha value is -2.20. The minimum absolute atomic E-state index is 0.313. The van der Waals surface area contributed by atoms with Crippen molar-refractivity contribution in [1.82, 2.24) is 0 Å². The second kappa shape index (κ2) is 6.06. The number of hydrogen-bond donors (Lipinski definition) is 3.